The fraction of sp³-hybridized carbons (Fsp3) is 0.750. The molecule has 0 saturated heterocycles. The average Bonchev–Trinajstić information content (AvgIpc) is 2.69. The van der Waals surface area contributed by atoms with E-state index in [-0.39, 0.29) is 11.9 Å². The molecule has 90 valence electrons. The van der Waals surface area contributed by atoms with Crippen molar-refractivity contribution < 1.29 is 19.0 Å². The molecule has 1 fully saturated rings. The molecule has 2 rings (SSSR count). The van der Waals surface area contributed by atoms with Crippen LogP contribution < -0.4 is 0 Å². The van der Waals surface area contributed by atoms with Gasteiger partial charge in [-0.15, -0.1) is 0 Å². The molecule has 0 bridgehead atoms. The summed E-state index contributed by atoms with van der Waals surface area (Å²) in [5.74, 6) is -0.848. The monoisotopic (exact) mass is 226 g/mol. The van der Waals surface area contributed by atoms with E-state index in [0.29, 0.717) is 12.2 Å². The number of carbonyl (C=O) groups is 1. The van der Waals surface area contributed by atoms with Crippen LogP contribution in [0.2, 0.25) is 0 Å². The first-order chi connectivity index (χ1) is 7.73. The van der Waals surface area contributed by atoms with Crippen LogP contribution in [0.4, 0.5) is 0 Å². The van der Waals surface area contributed by atoms with Crippen molar-refractivity contribution >= 4 is 5.97 Å². The number of rotatable bonds is 3. The highest BCUT2D eigenvalue weighted by Gasteiger charge is 2.50. The van der Waals surface area contributed by atoms with E-state index in [2.05, 4.69) is 0 Å². The van der Waals surface area contributed by atoms with Crippen LogP contribution in [0.1, 0.15) is 32.6 Å². The third-order valence-corrected chi connectivity index (χ3v) is 3.42. The predicted octanol–water partition coefficient (Wildman–Crippen LogP) is 2.00. The average molecular weight is 226 g/mol. The number of carbonyl (C=O) groups excluding carboxylic acids is 1. The summed E-state index contributed by atoms with van der Waals surface area (Å²) in [6, 6.07) is 0. The van der Waals surface area contributed by atoms with Crippen LogP contribution in [0, 0.1) is 5.92 Å². The Kier molecular flexibility index (Phi) is 3.19. The minimum absolute atomic E-state index is 0.0327. The van der Waals surface area contributed by atoms with E-state index in [1.807, 2.05) is 0 Å². The van der Waals surface area contributed by atoms with Gasteiger partial charge in [0.25, 0.3) is 0 Å². The van der Waals surface area contributed by atoms with Gasteiger partial charge in [0.2, 0.25) is 5.79 Å². The van der Waals surface area contributed by atoms with Gasteiger partial charge in [-0.05, 0) is 19.8 Å². The summed E-state index contributed by atoms with van der Waals surface area (Å²) in [5.41, 5.74) is 0.628. The van der Waals surface area contributed by atoms with Crippen LogP contribution in [0.3, 0.4) is 0 Å². The molecule has 0 N–H and O–H groups in total. The van der Waals surface area contributed by atoms with Crippen LogP contribution in [-0.4, -0.2) is 25.5 Å². The van der Waals surface area contributed by atoms with Crippen molar-refractivity contribution in [2.24, 2.45) is 5.92 Å². The Morgan fingerprint density at radius 2 is 2.44 bits per heavy atom. The molecule has 16 heavy (non-hydrogen) atoms. The quantitative estimate of drug-likeness (QED) is 0.690. The summed E-state index contributed by atoms with van der Waals surface area (Å²) in [7, 11) is 1.64. The van der Waals surface area contributed by atoms with Crippen LogP contribution in [0.25, 0.3) is 0 Å². The van der Waals surface area contributed by atoms with E-state index >= 15 is 0 Å². The maximum absolute atomic E-state index is 11.7. The third-order valence-electron chi connectivity index (χ3n) is 3.42. The zero-order valence-corrected chi connectivity index (χ0v) is 9.82. The molecule has 0 aromatic heterocycles. The minimum Gasteiger partial charge on any atom is -0.469 e. The molecule has 0 radical (unpaired) electrons. The lowest BCUT2D eigenvalue weighted by Gasteiger charge is -2.37. The predicted molar refractivity (Wildman–Crippen MR) is 57.5 cm³/mol. The molecule has 0 spiro atoms. The van der Waals surface area contributed by atoms with Crippen molar-refractivity contribution in [1.82, 2.24) is 0 Å². The van der Waals surface area contributed by atoms with Gasteiger partial charge in [-0.3, -0.25) is 0 Å². The number of ether oxygens (including phenoxy) is 3. The first-order valence-electron chi connectivity index (χ1n) is 5.83. The van der Waals surface area contributed by atoms with Gasteiger partial charge >= 0.3 is 5.97 Å². The number of fused-ring (bicyclic) bond motifs is 1. The van der Waals surface area contributed by atoms with Gasteiger partial charge in [0.1, 0.15) is 0 Å². The van der Waals surface area contributed by atoms with Crippen molar-refractivity contribution in [2.75, 3.05) is 13.7 Å². The first kappa shape index (κ1) is 11.5. The Morgan fingerprint density at radius 3 is 3.12 bits per heavy atom. The van der Waals surface area contributed by atoms with Crippen molar-refractivity contribution in [2.45, 2.75) is 38.4 Å². The van der Waals surface area contributed by atoms with Crippen molar-refractivity contribution in [3.8, 4) is 0 Å². The Labute approximate surface area is 95.6 Å². The lowest BCUT2D eigenvalue weighted by Crippen LogP contribution is -2.42. The fourth-order valence-electron chi connectivity index (χ4n) is 2.59. The lowest BCUT2D eigenvalue weighted by atomic mass is 9.80. The SMILES string of the molecule is CCOC(=O)C1=CO[C@]2(OC)CCCC[C@H]12. The molecule has 1 saturated carbocycles. The van der Waals surface area contributed by atoms with E-state index < -0.39 is 5.79 Å². The van der Waals surface area contributed by atoms with Gasteiger partial charge in [-0.25, -0.2) is 4.79 Å². The van der Waals surface area contributed by atoms with Crippen LogP contribution in [-0.2, 0) is 19.0 Å². The smallest absolute Gasteiger partial charge is 0.337 e. The molecular formula is C12H18O4. The molecule has 0 amide bonds. The maximum Gasteiger partial charge on any atom is 0.337 e. The van der Waals surface area contributed by atoms with Gasteiger partial charge in [0, 0.05) is 13.5 Å². The number of esters is 1. The minimum atomic E-state index is -0.611. The molecule has 4 heteroatoms. The molecular weight excluding hydrogens is 208 g/mol. The van der Waals surface area contributed by atoms with Gasteiger partial charge in [-0.1, -0.05) is 6.42 Å². The first-order valence-corrected chi connectivity index (χ1v) is 5.83. The van der Waals surface area contributed by atoms with E-state index in [9.17, 15) is 4.79 Å². The number of methoxy groups -OCH3 is 1. The normalized spacial score (nSPS) is 32.6. The molecule has 0 aromatic carbocycles. The molecule has 1 aliphatic carbocycles. The highest BCUT2D eigenvalue weighted by Crippen LogP contribution is 2.46. The highest BCUT2D eigenvalue weighted by molar-refractivity contribution is 5.89. The van der Waals surface area contributed by atoms with Gasteiger partial charge in [0.15, 0.2) is 0 Å². The Morgan fingerprint density at radius 1 is 1.62 bits per heavy atom. The van der Waals surface area contributed by atoms with Gasteiger partial charge in [0.05, 0.1) is 24.4 Å². The topological polar surface area (TPSA) is 44.8 Å². The van der Waals surface area contributed by atoms with Gasteiger partial charge in [-0.2, -0.15) is 0 Å². The molecule has 2 aliphatic rings. The van der Waals surface area contributed by atoms with Crippen LogP contribution >= 0.6 is 0 Å². The second kappa shape index (κ2) is 4.45. The second-order valence-corrected chi connectivity index (χ2v) is 4.23. The Bertz CT molecular complexity index is 310. The zero-order chi connectivity index (χ0) is 11.6. The molecule has 2 atom stereocenters. The maximum atomic E-state index is 11.7. The summed E-state index contributed by atoms with van der Waals surface area (Å²) >= 11 is 0. The second-order valence-electron chi connectivity index (χ2n) is 4.23. The van der Waals surface area contributed by atoms with E-state index in [4.69, 9.17) is 14.2 Å². The molecule has 1 aliphatic heterocycles. The molecule has 0 aromatic rings. The Hall–Kier alpha value is -1.03. The summed E-state index contributed by atoms with van der Waals surface area (Å²) in [5, 5.41) is 0. The van der Waals surface area contributed by atoms with Crippen LogP contribution in [0.5, 0.6) is 0 Å². The molecule has 1 heterocycles. The molecule has 0 unspecified atom stereocenters. The highest BCUT2D eigenvalue weighted by atomic mass is 16.7. The number of hydrogen-bond donors (Lipinski definition) is 0. The summed E-state index contributed by atoms with van der Waals surface area (Å²) in [4.78, 5) is 11.7. The van der Waals surface area contributed by atoms with E-state index in [1.54, 1.807) is 14.0 Å². The zero-order valence-electron chi connectivity index (χ0n) is 9.82. The van der Waals surface area contributed by atoms with Crippen molar-refractivity contribution in [3.05, 3.63) is 11.8 Å². The van der Waals surface area contributed by atoms with Gasteiger partial charge < -0.3 is 14.2 Å². The Balaban J connectivity index is 2.15. The van der Waals surface area contributed by atoms with Crippen molar-refractivity contribution in [1.29, 1.82) is 0 Å². The third kappa shape index (κ3) is 1.71. The summed E-state index contributed by atoms with van der Waals surface area (Å²) in [6.07, 6.45) is 5.48. The lowest BCUT2D eigenvalue weighted by molar-refractivity contribution is -0.217. The summed E-state index contributed by atoms with van der Waals surface area (Å²) in [6.45, 7) is 2.20. The standard InChI is InChI=1S/C12H18O4/c1-3-15-11(13)9-8-16-12(14-2)7-5-4-6-10(9)12/h8,10H,3-7H2,1-2H3/t10-,12-/m1/s1. The largest absolute Gasteiger partial charge is 0.469 e. The van der Waals surface area contributed by atoms with Crippen LogP contribution in [0.15, 0.2) is 11.8 Å². The molecule has 4 nitrogen and oxygen atoms in total. The number of hydrogen-bond acceptors (Lipinski definition) is 4. The van der Waals surface area contributed by atoms with E-state index in [1.165, 1.54) is 6.26 Å². The fourth-order valence-corrected chi connectivity index (χ4v) is 2.59. The van der Waals surface area contributed by atoms with Crippen molar-refractivity contribution in [3.63, 3.8) is 0 Å². The van der Waals surface area contributed by atoms with E-state index in [0.717, 1.165) is 25.7 Å². The summed E-state index contributed by atoms with van der Waals surface area (Å²) < 4.78 is 16.1.